The third-order valence-corrected chi connectivity index (χ3v) is 3.96. The third kappa shape index (κ3) is 4.33. The summed E-state index contributed by atoms with van der Waals surface area (Å²) in [6, 6.07) is 15.7. The van der Waals surface area contributed by atoms with Gasteiger partial charge < -0.3 is 14.8 Å². The molecule has 0 aliphatic rings. The molecule has 1 heterocycles. The number of anilines is 1. The molecule has 0 fully saturated rings. The predicted molar refractivity (Wildman–Crippen MR) is 102 cm³/mol. The lowest BCUT2D eigenvalue weighted by Gasteiger charge is -2.11. The van der Waals surface area contributed by atoms with Crippen LogP contribution in [-0.4, -0.2) is 29.7 Å². The van der Waals surface area contributed by atoms with Crippen LogP contribution in [0.3, 0.4) is 0 Å². The minimum Gasteiger partial charge on any atom is -0.497 e. The highest BCUT2D eigenvalue weighted by molar-refractivity contribution is 5.92. The average Bonchev–Trinajstić information content (AvgIpc) is 2.70. The van der Waals surface area contributed by atoms with Crippen LogP contribution in [0.15, 0.2) is 65.7 Å². The highest BCUT2D eigenvalue weighted by atomic mass is 16.5. The lowest BCUT2D eigenvalue weighted by Crippen LogP contribution is -2.27. The predicted octanol–water partition coefficient (Wildman–Crippen LogP) is 2.57. The average molecular weight is 365 g/mol. The first-order valence-corrected chi connectivity index (χ1v) is 8.24. The van der Waals surface area contributed by atoms with Gasteiger partial charge in [0.15, 0.2) is 0 Å². The van der Waals surface area contributed by atoms with Crippen molar-refractivity contribution in [1.29, 1.82) is 0 Å². The van der Waals surface area contributed by atoms with Crippen LogP contribution in [-0.2, 0) is 11.3 Å². The van der Waals surface area contributed by atoms with E-state index < -0.39 is 0 Å². The van der Waals surface area contributed by atoms with Gasteiger partial charge in [-0.2, -0.15) is 0 Å². The molecule has 2 aromatic carbocycles. The molecule has 0 radical (unpaired) electrons. The number of methoxy groups -OCH3 is 2. The van der Waals surface area contributed by atoms with E-state index in [4.69, 9.17) is 9.47 Å². The number of hydrogen-bond donors (Lipinski definition) is 1. The molecule has 0 atom stereocenters. The van der Waals surface area contributed by atoms with Crippen molar-refractivity contribution in [3.8, 4) is 22.8 Å². The molecule has 1 N–H and O–H groups in total. The molecule has 7 nitrogen and oxygen atoms in total. The van der Waals surface area contributed by atoms with Crippen LogP contribution in [0.5, 0.6) is 11.5 Å². The van der Waals surface area contributed by atoms with Gasteiger partial charge in [-0.1, -0.05) is 12.1 Å². The Morgan fingerprint density at radius 1 is 1.07 bits per heavy atom. The van der Waals surface area contributed by atoms with E-state index in [-0.39, 0.29) is 18.0 Å². The van der Waals surface area contributed by atoms with Gasteiger partial charge in [0.05, 0.1) is 31.9 Å². The van der Waals surface area contributed by atoms with E-state index in [2.05, 4.69) is 10.3 Å². The van der Waals surface area contributed by atoms with Gasteiger partial charge >= 0.3 is 0 Å². The van der Waals surface area contributed by atoms with Crippen molar-refractivity contribution in [1.82, 2.24) is 9.55 Å². The maximum atomic E-state index is 12.3. The van der Waals surface area contributed by atoms with E-state index in [0.717, 1.165) is 11.3 Å². The highest BCUT2D eigenvalue weighted by Gasteiger charge is 2.10. The van der Waals surface area contributed by atoms with Crippen molar-refractivity contribution in [2.75, 3.05) is 19.5 Å². The molecule has 27 heavy (non-hydrogen) atoms. The third-order valence-electron chi connectivity index (χ3n) is 3.96. The number of ether oxygens (including phenoxy) is 2. The number of benzene rings is 2. The highest BCUT2D eigenvalue weighted by Crippen LogP contribution is 2.23. The summed E-state index contributed by atoms with van der Waals surface area (Å²) < 4.78 is 11.6. The Morgan fingerprint density at radius 2 is 1.81 bits per heavy atom. The zero-order valence-electron chi connectivity index (χ0n) is 15.0. The van der Waals surface area contributed by atoms with Crippen molar-refractivity contribution in [2.24, 2.45) is 0 Å². The minimum atomic E-state index is -0.347. The Morgan fingerprint density at radius 3 is 2.48 bits per heavy atom. The zero-order valence-corrected chi connectivity index (χ0v) is 15.0. The normalized spacial score (nSPS) is 10.3. The molecule has 0 aliphatic carbocycles. The molecule has 3 rings (SSSR count). The lowest BCUT2D eigenvalue weighted by atomic mass is 10.1. The Hall–Kier alpha value is -3.61. The molecule has 138 valence electrons. The van der Waals surface area contributed by atoms with E-state index in [1.807, 2.05) is 12.1 Å². The largest absolute Gasteiger partial charge is 0.497 e. The SMILES string of the molecule is COc1ccc(-c2cc(=O)n(CC(=O)Nc3ccccc3OC)cn2)cc1. The topological polar surface area (TPSA) is 82.5 Å². The van der Waals surface area contributed by atoms with Crippen LogP contribution < -0.4 is 20.3 Å². The second-order valence-corrected chi connectivity index (χ2v) is 5.72. The van der Waals surface area contributed by atoms with Gasteiger partial charge in [0.1, 0.15) is 18.0 Å². The Balaban J connectivity index is 1.74. The van der Waals surface area contributed by atoms with Crippen LogP contribution in [0.1, 0.15) is 0 Å². The van der Waals surface area contributed by atoms with Gasteiger partial charge in [-0.25, -0.2) is 4.98 Å². The Kier molecular flexibility index (Phi) is 5.51. The fraction of sp³-hybridized carbons (Fsp3) is 0.150. The molecule has 0 spiro atoms. The lowest BCUT2D eigenvalue weighted by molar-refractivity contribution is -0.116. The monoisotopic (exact) mass is 365 g/mol. The number of amides is 1. The van der Waals surface area contributed by atoms with E-state index in [9.17, 15) is 9.59 Å². The van der Waals surface area contributed by atoms with Gasteiger partial charge in [0, 0.05) is 11.6 Å². The molecular formula is C20H19N3O4. The van der Waals surface area contributed by atoms with E-state index in [1.54, 1.807) is 43.5 Å². The first kappa shape index (κ1) is 18.2. The minimum absolute atomic E-state index is 0.146. The first-order valence-electron chi connectivity index (χ1n) is 8.24. The summed E-state index contributed by atoms with van der Waals surface area (Å²) in [5.74, 6) is 0.923. The first-order chi connectivity index (χ1) is 13.1. The number of nitrogens with one attached hydrogen (secondary N) is 1. The van der Waals surface area contributed by atoms with Crippen LogP contribution in [0.2, 0.25) is 0 Å². The number of rotatable bonds is 6. The number of para-hydroxylation sites is 2. The zero-order chi connectivity index (χ0) is 19.2. The molecule has 0 unspecified atom stereocenters. The summed E-state index contributed by atoms with van der Waals surface area (Å²) in [5.41, 5.74) is 1.55. The van der Waals surface area contributed by atoms with E-state index >= 15 is 0 Å². The van der Waals surface area contributed by atoms with Crippen molar-refractivity contribution >= 4 is 11.6 Å². The molecule has 1 aromatic heterocycles. The van der Waals surface area contributed by atoms with Crippen LogP contribution in [0, 0.1) is 0 Å². The Bertz CT molecular complexity index is 997. The molecule has 0 bridgehead atoms. The summed E-state index contributed by atoms with van der Waals surface area (Å²) in [4.78, 5) is 28.9. The number of carbonyl (C=O) groups is 1. The molecule has 1 amide bonds. The summed E-state index contributed by atoms with van der Waals surface area (Å²) in [5, 5.41) is 2.73. The van der Waals surface area contributed by atoms with E-state index in [1.165, 1.54) is 24.1 Å². The summed E-state index contributed by atoms with van der Waals surface area (Å²) in [6.07, 6.45) is 1.36. The van der Waals surface area contributed by atoms with Crippen molar-refractivity contribution in [3.63, 3.8) is 0 Å². The summed E-state index contributed by atoms with van der Waals surface area (Å²) in [6.45, 7) is -0.146. The van der Waals surface area contributed by atoms with Crippen molar-refractivity contribution in [2.45, 2.75) is 6.54 Å². The van der Waals surface area contributed by atoms with Gasteiger partial charge in [-0.15, -0.1) is 0 Å². The fourth-order valence-electron chi connectivity index (χ4n) is 2.56. The number of nitrogens with zero attached hydrogens (tertiary/aromatic N) is 2. The van der Waals surface area contributed by atoms with E-state index in [0.29, 0.717) is 17.1 Å². The van der Waals surface area contributed by atoms with Crippen LogP contribution in [0.25, 0.3) is 11.3 Å². The molecule has 0 aliphatic heterocycles. The standard InChI is InChI=1S/C20H19N3O4/c1-26-15-9-7-14(8-10-15)17-11-20(25)23(13-21-17)12-19(24)22-16-5-3-4-6-18(16)27-2/h3-11,13H,12H2,1-2H3,(H,22,24). The smallest absolute Gasteiger partial charge is 0.254 e. The molecule has 0 saturated carbocycles. The number of hydrogen-bond acceptors (Lipinski definition) is 5. The van der Waals surface area contributed by atoms with Gasteiger partial charge in [-0.3, -0.25) is 14.2 Å². The second kappa shape index (κ2) is 8.18. The van der Waals surface area contributed by atoms with Gasteiger partial charge in [0.25, 0.3) is 5.56 Å². The fourth-order valence-corrected chi connectivity index (χ4v) is 2.56. The van der Waals surface area contributed by atoms with Gasteiger partial charge in [-0.05, 0) is 36.4 Å². The van der Waals surface area contributed by atoms with Crippen LogP contribution in [0.4, 0.5) is 5.69 Å². The quantitative estimate of drug-likeness (QED) is 0.726. The summed E-state index contributed by atoms with van der Waals surface area (Å²) in [7, 11) is 3.11. The maximum Gasteiger partial charge on any atom is 0.254 e. The Labute approximate surface area is 156 Å². The molecular weight excluding hydrogens is 346 g/mol. The number of aromatic nitrogens is 2. The maximum absolute atomic E-state index is 12.3. The molecule has 7 heteroatoms. The summed E-state index contributed by atoms with van der Waals surface area (Å²) >= 11 is 0. The second-order valence-electron chi connectivity index (χ2n) is 5.72. The molecule has 0 saturated heterocycles. The molecule has 3 aromatic rings. The van der Waals surface area contributed by atoms with Crippen LogP contribution >= 0.6 is 0 Å². The van der Waals surface area contributed by atoms with Gasteiger partial charge in [0.2, 0.25) is 5.91 Å². The van der Waals surface area contributed by atoms with Crippen molar-refractivity contribution < 1.29 is 14.3 Å². The van der Waals surface area contributed by atoms with Crippen molar-refractivity contribution in [3.05, 3.63) is 71.3 Å². The number of carbonyl (C=O) groups excluding carboxylic acids is 1.